The predicted octanol–water partition coefficient (Wildman–Crippen LogP) is 3.84. The SMILES string of the molecule is Cc1cc(Cl)ccc1OC(=O)C1CCN(C(=O)C(C)(C)C)CC1. The zero-order chi connectivity index (χ0) is 17.2. The van der Waals surface area contributed by atoms with Crippen LogP contribution in [0.3, 0.4) is 0 Å². The van der Waals surface area contributed by atoms with Gasteiger partial charge in [0, 0.05) is 23.5 Å². The molecule has 1 aliphatic heterocycles. The second-order valence-corrected chi connectivity index (χ2v) is 7.58. The summed E-state index contributed by atoms with van der Waals surface area (Å²) in [6.07, 6.45) is 1.29. The fourth-order valence-corrected chi connectivity index (χ4v) is 2.94. The van der Waals surface area contributed by atoms with Crippen molar-refractivity contribution in [3.63, 3.8) is 0 Å². The van der Waals surface area contributed by atoms with Gasteiger partial charge < -0.3 is 9.64 Å². The molecule has 1 fully saturated rings. The minimum absolute atomic E-state index is 0.137. The van der Waals surface area contributed by atoms with Gasteiger partial charge in [-0.3, -0.25) is 9.59 Å². The number of nitrogens with zero attached hydrogens (tertiary/aromatic N) is 1. The molecule has 1 saturated heterocycles. The average molecular weight is 338 g/mol. The minimum atomic E-state index is -0.381. The van der Waals surface area contributed by atoms with Gasteiger partial charge in [0.2, 0.25) is 5.91 Å². The number of hydrogen-bond donors (Lipinski definition) is 0. The maximum Gasteiger partial charge on any atom is 0.314 e. The third kappa shape index (κ3) is 4.47. The van der Waals surface area contributed by atoms with E-state index < -0.39 is 0 Å². The van der Waals surface area contributed by atoms with Crippen LogP contribution in [0.5, 0.6) is 5.75 Å². The number of carbonyl (C=O) groups excluding carboxylic acids is 2. The molecule has 0 atom stereocenters. The number of ether oxygens (including phenoxy) is 1. The molecular weight excluding hydrogens is 314 g/mol. The first-order chi connectivity index (χ1) is 10.7. The Labute approximate surface area is 142 Å². The van der Waals surface area contributed by atoms with Crippen molar-refractivity contribution in [1.82, 2.24) is 4.90 Å². The lowest BCUT2D eigenvalue weighted by molar-refractivity contribution is -0.146. The van der Waals surface area contributed by atoms with Crippen LogP contribution < -0.4 is 4.74 Å². The van der Waals surface area contributed by atoms with E-state index in [-0.39, 0.29) is 23.2 Å². The van der Waals surface area contributed by atoms with E-state index in [1.54, 1.807) is 18.2 Å². The van der Waals surface area contributed by atoms with E-state index in [9.17, 15) is 9.59 Å². The number of amides is 1. The number of aryl methyl sites for hydroxylation is 1. The number of likely N-dealkylation sites (tertiary alicyclic amines) is 1. The Morgan fingerprint density at radius 3 is 2.35 bits per heavy atom. The van der Waals surface area contributed by atoms with E-state index in [4.69, 9.17) is 16.3 Å². The molecule has 4 nitrogen and oxygen atoms in total. The number of carbonyl (C=O) groups is 2. The highest BCUT2D eigenvalue weighted by Crippen LogP contribution is 2.27. The van der Waals surface area contributed by atoms with Gasteiger partial charge in [-0.1, -0.05) is 32.4 Å². The number of esters is 1. The Kier molecular flexibility index (Phi) is 5.35. The van der Waals surface area contributed by atoms with Crippen LogP contribution in [0, 0.1) is 18.3 Å². The van der Waals surface area contributed by atoms with Gasteiger partial charge in [0.05, 0.1) is 5.92 Å². The summed E-state index contributed by atoms with van der Waals surface area (Å²) in [5, 5.41) is 0.622. The molecular formula is C18H24ClNO3. The molecule has 0 aliphatic carbocycles. The Balaban J connectivity index is 1.92. The number of piperidine rings is 1. The molecule has 0 unspecified atom stereocenters. The molecule has 2 rings (SSSR count). The molecule has 0 saturated carbocycles. The molecule has 1 heterocycles. The Morgan fingerprint density at radius 2 is 1.83 bits per heavy atom. The van der Waals surface area contributed by atoms with Crippen molar-refractivity contribution < 1.29 is 14.3 Å². The summed E-state index contributed by atoms with van der Waals surface area (Å²) in [4.78, 5) is 26.4. The monoisotopic (exact) mass is 337 g/mol. The number of benzene rings is 1. The van der Waals surface area contributed by atoms with E-state index in [1.807, 2.05) is 32.6 Å². The van der Waals surface area contributed by atoms with Crippen molar-refractivity contribution >= 4 is 23.5 Å². The maximum absolute atomic E-state index is 12.3. The van der Waals surface area contributed by atoms with E-state index in [2.05, 4.69) is 0 Å². The van der Waals surface area contributed by atoms with E-state index in [0.29, 0.717) is 36.7 Å². The lowest BCUT2D eigenvalue weighted by Gasteiger charge is -2.34. The first-order valence-electron chi connectivity index (χ1n) is 7.95. The molecule has 1 aromatic rings. The summed E-state index contributed by atoms with van der Waals surface area (Å²) in [5.41, 5.74) is 0.458. The van der Waals surface area contributed by atoms with E-state index >= 15 is 0 Å². The maximum atomic E-state index is 12.3. The van der Waals surface area contributed by atoms with Crippen LogP contribution in [-0.4, -0.2) is 29.9 Å². The van der Waals surface area contributed by atoms with Gasteiger partial charge in [0.1, 0.15) is 5.75 Å². The summed E-state index contributed by atoms with van der Waals surface area (Å²) in [7, 11) is 0. The molecule has 0 spiro atoms. The normalized spacial score (nSPS) is 16.3. The third-order valence-corrected chi connectivity index (χ3v) is 4.34. The summed E-state index contributed by atoms with van der Waals surface area (Å²) < 4.78 is 5.50. The number of hydrogen-bond acceptors (Lipinski definition) is 3. The summed E-state index contributed by atoms with van der Waals surface area (Å²) in [6.45, 7) is 8.82. The standard InChI is InChI=1S/C18H24ClNO3/c1-12-11-14(19)5-6-15(12)23-16(21)13-7-9-20(10-8-13)17(22)18(2,3)4/h5-6,11,13H,7-10H2,1-4H3. The quantitative estimate of drug-likeness (QED) is 0.608. The van der Waals surface area contributed by atoms with Crippen LogP contribution in [0.25, 0.3) is 0 Å². The largest absolute Gasteiger partial charge is 0.426 e. The molecule has 23 heavy (non-hydrogen) atoms. The van der Waals surface area contributed by atoms with Crippen molar-refractivity contribution in [3.8, 4) is 5.75 Å². The zero-order valence-corrected chi connectivity index (χ0v) is 14.9. The molecule has 0 radical (unpaired) electrons. The predicted molar refractivity (Wildman–Crippen MR) is 90.6 cm³/mol. The van der Waals surface area contributed by atoms with Crippen molar-refractivity contribution in [1.29, 1.82) is 0 Å². The summed E-state index contributed by atoms with van der Waals surface area (Å²) >= 11 is 5.91. The van der Waals surface area contributed by atoms with Crippen LogP contribution >= 0.6 is 11.6 Å². The summed E-state index contributed by atoms with van der Waals surface area (Å²) in [5.74, 6) is 0.304. The second-order valence-electron chi connectivity index (χ2n) is 7.15. The first kappa shape index (κ1) is 17.8. The van der Waals surface area contributed by atoms with Crippen molar-refractivity contribution in [3.05, 3.63) is 28.8 Å². The highest BCUT2D eigenvalue weighted by Gasteiger charge is 2.33. The lowest BCUT2D eigenvalue weighted by atomic mass is 9.91. The molecule has 1 amide bonds. The smallest absolute Gasteiger partial charge is 0.314 e. The fourth-order valence-electron chi connectivity index (χ4n) is 2.71. The topological polar surface area (TPSA) is 46.6 Å². The molecule has 126 valence electrons. The Hall–Kier alpha value is -1.55. The molecule has 0 N–H and O–H groups in total. The first-order valence-corrected chi connectivity index (χ1v) is 8.33. The lowest BCUT2D eigenvalue weighted by Crippen LogP contribution is -2.45. The molecule has 1 aliphatic rings. The van der Waals surface area contributed by atoms with Crippen LogP contribution in [0.2, 0.25) is 5.02 Å². The van der Waals surface area contributed by atoms with Crippen LogP contribution in [-0.2, 0) is 9.59 Å². The highest BCUT2D eigenvalue weighted by molar-refractivity contribution is 6.30. The van der Waals surface area contributed by atoms with Crippen molar-refractivity contribution in [2.24, 2.45) is 11.3 Å². The zero-order valence-electron chi connectivity index (χ0n) is 14.2. The van der Waals surface area contributed by atoms with Crippen LogP contribution in [0.1, 0.15) is 39.2 Å². The average Bonchev–Trinajstić information content (AvgIpc) is 2.48. The number of halogens is 1. The van der Waals surface area contributed by atoms with Crippen molar-refractivity contribution in [2.75, 3.05) is 13.1 Å². The van der Waals surface area contributed by atoms with Crippen LogP contribution in [0.4, 0.5) is 0 Å². The van der Waals surface area contributed by atoms with Crippen LogP contribution in [0.15, 0.2) is 18.2 Å². The fraction of sp³-hybridized carbons (Fsp3) is 0.556. The van der Waals surface area contributed by atoms with Gasteiger partial charge in [-0.05, 0) is 43.5 Å². The summed E-state index contributed by atoms with van der Waals surface area (Å²) in [6, 6.07) is 5.20. The van der Waals surface area contributed by atoms with Gasteiger partial charge in [0.25, 0.3) is 0 Å². The third-order valence-electron chi connectivity index (χ3n) is 4.10. The van der Waals surface area contributed by atoms with Crippen molar-refractivity contribution in [2.45, 2.75) is 40.5 Å². The molecule has 0 bridgehead atoms. The molecule has 0 aromatic heterocycles. The van der Waals surface area contributed by atoms with Gasteiger partial charge in [-0.2, -0.15) is 0 Å². The molecule has 1 aromatic carbocycles. The van der Waals surface area contributed by atoms with Gasteiger partial charge in [-0.25, -0.2) is 0 Å². The van der Waals surface area contributed by atoms with E-state index in [1.165, 1.54) is 0 Å². The molecule has 5 heteroatoms. The Bertz CT molecular complexity index is 599. The highest BCUT2D eigenvalue weighted by atomic mass is 35.5. The van der Waals surface area contributed by atoms with Gasteiger partial charge in [-0.15, -0.1) is 0 Å². The number of rotatable bonds is 2. The van der Waals surface area contributed by atoms with Gasteiger partial charge in [0.15, 0.2) is 0 Å². The minimum Gasteiger partial charge on any atom is -0.426 e. The second kappa shape index (κ2) is 6.91. The Morgan fingerprint density at radius 1 is 1.22 bits per heavy atom. The van der Waals surface area contributed by atoms with Gasteiger partial charge >= 0.3 is 5.97 Å². The van der Waals surface area contributed by atoms with E-state index in [0.717, 1.165) is 5.56 Å².